The van der Waals surface area contributed by atoms with Crippen molar-refractivity contribution in [3.8, 4) is 22.3 Å². The second kappa shape index (κ2) is 20.7. The molecule has 3 fully saturated rings. The fourth-order valence-corrected chi connectivity index (χ4v) is 11.6. The summed E-state index contributed by atoms with van der Waals surface area (Å²) < 4.78 is 12.3. The maximum atomic E-state index is 14.1. The van der Waals surface area contributed by atoms with E-state index < -0.39 is 29.5 Å². The summed E-state index contributed by atoms with van der Waals surface area (Å²) in [6.07, 6.45) is 1.59. The highest BCUT2D eigenvalue weighted by Crippen LogP contribution is 2.55. The minimum Gasteiger partial charge on any atom is -0.489 e. The zero-order valence-electron chi connectivity index (χ0n) is 40.4. The smallest absolute Gasteiger partial charge is 0.251 e. The van der Waals surface area contributed by atoms with Crippen molar-refractivity contribution in [2.45, 2.75) is 118 Å². The topological polar surface area (TPSA) is 174 Å². The van der Waals surface area contributed by atoms with Gasteiger partial charge in [-0.05, 0) is 85.0 Å². The van der Waals surface area contributed by atoms with Crippen LogP contribution in [-0.2, 0) is 25.5 Å². The highest BCUT2D eigenvalue weighted by Gasteiger charge is 2.64. The van der Waals surface area contributed by atoms with Crippen molar-refractivity contribution in [1.82, 2.24) is 20.5 Å². The maximum absolute atomic E-state index is 14.1. The van der Waals surface area contributed by atoms with Gasteiger partial charge in [0.05, 0.1) is 45.4 Å². The number of benzene rings is 3. The van der Waals surface area contributed by atoms with Crippen molar-refractivity contribution >= 4 is 52.1 Å². The molecular weight excluding hydrogens is 900 g/mol. The Morgan fingerprint density at radius 1 is 1.00 bits per heavy atom. The Bertz CT molecular complexity index is 2490. The molecule has 2 aliphatic heterocycles. The van der Waals surface area contributed by atoms with Crippen molar-refractivity contribution in [1.29, 1.82) is 5.26 Å². The van der Waals surface area contributed by atoms with Crippen molar-refractivity contribution in [2.75, 3.05) is 37.7 Å². The first-order valence-electron chi connectivity index (χ1n) is 23.6. The molecule has 0 unspecified atom stereocenters. The molecule has 0 bridgehead atoms. The number of thiazole rings is 1. The van der Waals surface area contributed by atoms with E-state index in [0.717, 1.165) is 53.3 Å². The highest BCUT2D eigenvalue weighted by molar-refractivity contribution is 7.13. The molecule has 3 heterocycles. The predicted molar refractivity (Wildman–Crippen MR) is 265 cm³/mol. The summed E-state index contributed by atoms with van der Waals surface area (Å²) in [6, 6.07) is 21.0. The molecule has 15 heteroatoms. The standard InChI is InChI=1S/C53H65ClN6O7S/c1-32-45(68-31-56-32)35-12-9-33(10-13-35)11-20-43(62)42-25-39(61)28-60(42)48(65)46(51(2,3)4)57-44(63)30-66-29-34-21-23-59(24-22-34)38-17-14-36(15-18-38)47(64)58-49-52(5,6)50(53(49,7)8)67-40-19-16-37(27-55)41(54)26-40/h9-10,12-19,26,31,34,39,42,46,49-50,61H,11,20-25,28-30H2,1-8H3,(H,57,63)(H,58,64)/t39-,42+,46-,49?,50?/m1/s1. The summed E-state index contributed by atoms with van der Waals surface area (Å²) in [7, 11) is 0. The maximum Gasteiger partial charge on any atom is 0.251 e. The zero-order valence-corrected chi connectivity index (χ0v) is 42.0. The number of aliphatic hydroxyl groups excluding tert-OH is 1. The largest absolute Gasteiger partial charge is 0.489 e. The number of aliphatic hydroxyl groups is 1. The van der Waals surface area contributed by atoms with E-state index in [4.69, 9.17) is 21.1 Å². The summed E-state index contributed by atoms with van der Waals surface area (Å²) in [6.45, 7) is 17.7. The summed E-state index contributed by atoms with van der Waals surface area (Å²) in [4.78, 5) is 63.7. The number of nitriles is 1. The van der Waals surface area contributed by atoms with E-state index in [1.807, 2.05) is 81.7 Å². The molecule has 362 valence electrons. The number of aryl methyl sites for hydroxylation is 2. The quantitative estimate of drug-likeness (QED) is 0.0994. The minimum atomic E-state index is -0.923. The average Bonchev–Trinajstić information content (AvgIpc) is 3.93. The Labute approximate surface area is 409 Å². The van der Waals surface area contributed by atoms with Crippen molar-refractivity contribution in [3.05, 3.63) is 99.6 Å². The fourth-order valence-electron chi connectivity index (χ4n) is 10.5. The molecular formula is C53H65ClN6O7S. The number of aromatic nitrogens is 1. The van der Waals surface area contributed by atoms with E-state index in [-0.39, 0.29) is 72.5 Å². The second-order valence-corrected chi connectivity index (χ2v) is 22.2. The average molecular weight is 966 g/mol. The van der Waals surface area contributed by atoms with Gasteiger partial charge in [-0.1, -0.05) is 84.3 Å². The number of ether oxygens (including phenoxy) is 2. The number of nitrogens with zero attached hydrogens (tertiary/aromatic N) is 4. The Hall–Kier alpha value is -5.33. The first kappa shape index (κ1) is 50.5. The van der Waals surface area contributed by atoms with Gasteiger partial charge in [0.2, 0.25) is 11.8 Å². The van der Waals surface area contributed by atoms with Crippen LogP contribution in [-0.4, -0.2) is 102 Å². The minimum absolute atomic E-state index is 0.0315. The first-order valence-corrected chi connectivity index (χ1v) is 24.8. The lowest BCUT2D eigenvalue weighted by Gasteiger charge is -2.63. The number of β-amino-alcohol motifs (C(OH)–C–C–N with tert-alkyl or cyclic N) is 1. The number of carbonyl (C=O) groups excluding carboxylic acids is 4. The summed E-state index contributed by atoms with van der Waals surface area (Å²) in [5, 5.41) is 26.4. The van der Waals surface area contributed by atoms with E-state index in [2.05, 4.69) is 54.3 Å². The van der Waals surface area contributed by atoms with Gasteiger partial charge in [-0.3, -0.25) is 19.2 Å². The summed E-state index contributed by atoms with van der Waals surface area (Å²) in [5.74, 6) is -0.230. The van der Waals surface area contributed by atoms with Gasteiger partial charge in [0.15, 0.2) is 5.78 Å². The van der Waals surface area contributed by atoms with Crippen LogP contribution in [0.4, 0.5) is 5.69 Å². The van der Waals surface area contributed by atoms with Gasteiger partial charge < -0.3 is 35.0 Å². The number of rotatable bonds is 16. The van der Waals surface area contributed by atoms with E-state index in [1.54, 1.807) is 29.5 Å². The van der Waals surface area contributed by atoms with Crippen molar-refractivity contribution in [2.24, 2.45) is 22.2 Å². The molecule has 68 heavy (non-hydrogen) atoms. The molecule has 3 aromatic carbocycles. The van der Waals surface area contributed by atoms with Gasteiger partial charge in [0.25, 0.3) is 5.91 Å². The molecule has 3 amide bonds. The molecule has 0 spiro atoms. The molecule has 2 saturated heterocycles. The van der Waals surface area contributed by atoms with Gasteiger partial charge in [0, 0.05) is 66.7 Å². The Kier molecular flexibility index (Phi) is 15.4. The third-order valence-electron chi connectivity index (χ3n) is 14.1. The SMILES string of the molecule is Cc1ncsc1-c1ccc(CCC(=O)[C@@H]2C[C@@H](O)CN2C(=O)[C@@H](NC(=O)COCC2CCN(c3ccc(C(=O)NC4C(C)(C)C(Oc5ccc(C#N)c(Cl)c5)C4(C)C)cc3)CC2)C(C)(C)C)cc1. The first-order chi connectivity index (χ1) is 32.2. The summed E-state index contributed by atoms with van der Waals surface area (Å²) in [5.41, 5.74) is 5.45. The number of anilines is 1. The summed E-state index contributed by atoms with van der Waals surface area (Å²) >= 11 is 7.85. The molecule has 13 nitrogen and oxygen atoms in total. The number of hydrogen-bond donors (Lipinski definition) is 3. The molecule has 3 aliphatic rings. The van der Waals surface area contributed by atoms with Gasteiger partial charge in [-0.2, -0.15) is 5.26 Å². The number of Topliss-reactive ketones (excluding diaryl/α,β-unsaturated/α-hetero) is 1. The predicted octanol–water partition coefficient (Wildman–Crippen LogP) is 8.18. The number of amides is 3. The number of halogens is 1. The van der Waals surface area contributed by atoms with Crippen LogP contribution >= 0.6 is 22.9 Å². The molecule has 1 saturated carbocycles. The number of nitrogens with one attached hydrogen (secondary N) is 2. The second-order valence-electron chi connectivity index (χ2n) is 21.0. The molecule has 7 rings (SSSR count). The van der Waals surface area contributed by atoms with E-state index in [0.29, 0.717) is 34.9 Å². The third kappa shape index (κ3) is 11.2. The van der Waals surface area contributed by atoms with Gasteiger partial charge >= 0.3 is 0 Å². The van der Waals surface area contributed by atoms with Crippen LogP contribution in [0.2, 0.25) is 5.02 Å². The number of ketones is 1. The molecule has 1 aromatic heterocycles. The van der Waals surface area contributed by atoms with E-state index in [1.165, 1.54) is 4.90 Å². The number of carbonyl (C=O) groups is 4. The lowest BCUT2D eigenvalue weighted by atomic mass is 9.49. The Morgan fingerprint density at radius 2 is 1.68 bits per heavy atom. The number of piperidine rings is 1. The monoisotopic (exact) mass is 964 g/mol. The van der Waals surface area contributed by atoms with Gasteiger partial charge in [-0.25, -0.2) is 4.98 Å². The van der Waals surface area contributed by atoms with E-state index in [9.17, 15) is 29.5 Å². The van der Waals surface area contributed by atoms with Crippen molar-refractivity contribution < 1.29 is 33.8 Å². The Morgan fingerprint density at radius 3 is 2.28 bits per heavy atom. The van der Waals surface area contributed by atoms with Gasteiger partial charge in [-0.15, -0.1) is 11.3 Å². The van der Waals surface area contributed by atoms with Crippen LogP contribution in [0.25, 0.3) is 10.4 Å². The third-order valence-corrected chi connectivity index (χ3v) is 15.4. The van der Waals surface area contributed by atoms with Crippen LogP contribution in [0, 0.1) is 40.4 Å². The normalized spacial score (nSPS) is 21.6. The fraction of sp³-hybridized carbons (Fsp3) is 0.509. The van der Waals surface area contributed by atoms with E-state index >= 15 is 0 Å². The number of hydrogen-bond acceptors (Lipinski definition) is 11. The van der Waals surface area contributed by atoms with Crippen LogP contribution in [0.15, 0.2) is 72.2 Å². The Balaban J connectivity index is 0.842. The number of likely N-dealkylation sites (tertiary alicyclic amines) is 1. The van der Waals surface area contributed by atoms with Crippen LogP contribution in [0.5, 0.6) is 5.75 Å². The molecule has 4 aromatic rings. The molecule has 0 radical (unpaired) electrons. The van der Waals surface area contributed by atoms with Crippen LogP contribution < -0.4 is 20.3 Å². The van der Waals surface area contributed by atoms with Gasteiger partial charge in [0.1, 0.15) is 30.6 Å². The lowest BCUT2D eigenvalue weighted by molar-refractivity contribution is -0.164. The lowest BCUT2D eigenvalue weighted by Crippen LogP contribution is -2.74. The molecule has 3 N–H and O–H groups in total. The zero-order chi connectivity index (χ0) is 49.1. The van der Waals surface area contributed by atoms with Crippen LogP contribution in [0.1, 0.15) is 101 Å². The van der Waals surface area contributed by atoms with Crippen LogP contribution in [0.3, 0.4) is 0 Å². The molecule has 3 atom stereocenters. The highest BCUT2D eigenvalue weighted by atomic mass is 35.5. The molecule has 1 aliphatic carbocycles. The van der Waals surface area contributed by atoms with Crippen molar-refractivity contribution in [3.63, 3.8) is 0 Å².